The van der Waals surface area contributed by atoms with Gasteiger partial charge in [-0.1, -0.05) is 5.92 Å². The molecule has 9 heavy (non-hydrogen) atoms. The molecule has 0 aliphatic carbocycles. The first-order valence-electron chi connectivity index (χ1n) is 2.79. The summed E-state index contributed by atoms with van der Waals surface area (Å²) in [5.41, 5.74) is 0. The summed E-state index contributed by atoms with van der Waals surface area (Å²) in [5.74, 6) is 2.78. The molecule has 0 spiro atoms. The quantitative estimate of drug-likeness (QED) is 0.498. The van der Waals surface area contributed by atoms with E-state index in [4.69, 9.17) is 4.43 Å². The second-order valence-corrected chi connectivity index (χ2v) is 7.58. The Morgan fingerprint density at radius 2 is 2.00 bits per heavy atom. The van der Waals surface area contributed by atoms with E-state index in [-0.39, 0.29) is 0 Å². The summed E-state index contributed by atoms with van der Waals surface area (Å²) in [4.78, 5) is 2.60. The summed E-state index contributed by atoms with van der Waals surface area (Å²) in [7, 11) is -1.32. The van der Waals surface area contributed by atoms with Gasteiger partial charge in [-0.25, -0.2) is 0 Å². The molecule has 0 saturated carbocycles. The highest BCUT2D eigenvalue weighted by Crippen LogP contribution is 2.00. The van der Waals surface area contributed by atoms with Gasteiger partial charge in [-0.2, -0.15) is 0 Å². The van der Waals surface area contributed by atoms with Crippen LogP contribution >= 0.6 is 15.9 Å². The zero-order chi connectivity index (χ0) is 7.33. The van der Waals surface area contributed by atoms with Gasteiger partial charge >= 0.3 is 0 Å². The zero-order valence-electron chi connectivity index (χ0n) is 5.99. The maximum Gasteiger partial charge on any atom is 0.185 e. The Hall–Kier alpha value is 0.217. The molecule has 0 fully saturated rings. The molecule has 0 rings (SSSR count). The van der Waals surface area contributed by atoms with Crippen LogP contribution in [0.25, 0.3) is 0 Å². The van der Waals surface area contributed by atoms with Crippen LogP contribution in [0.1, 0.15) is 0 Å². The molecule has 1 nitrogen and oxygen atoms in total. The molecule has 0 unspecified atom stereocenters. The highest BCUT2D eigenvalue weighted by Gasteiger charge is 2.12. The first-order chi connectivity index (χ1) is 4.06. The van der Waals surface area contributed by atoms with Gasteiger partial charge in [0, 0.05) is 15.9 Å². The smallest absolute Gasteiger partial charge is 0.185 e. The lowest BCUT2D eigenvalue weighted by atomic mass is 10.8. The molecule has 0 aromatic rings. The van der Waals surface area contributed by atoms with E-state index < -0.39 is 8.32 Å². The number of rotatable bonds is 2. The third-order valence-electron chi connectivity index (χ3n) is 0.644. The molecular formula is C6H11BrOSi. The Kier molecular flexibility index (Phi) is 4.20. The van der Waals surface area contributed by atoms with E-state index in [1.807, 2.05) is 0 Å². The van der Waals surface area contributed by atoms with Crippen LogP contribution in [0.4, 0.5) is 0 Å². The van der Waals surface area contributed by atoms with Crippen LogP contribution in [0.3, 0.4) is 0 Å². The maximum atomic E-state index is 5.40. The van der Waals surface area contributed by atoms with E-state index >= 15 is 0 Å². The van der Waals surface area contributed by atoms with Crippen molar-refractivity contribution in [3.8, 4) is 10.8 Å². The Balaban J connectivity index is 3.36. The predicted molar refractivity (Wildman–Crippen MR) is 46.0 cm³/mol. The Morgan fingerprint density at radius 1 is 1.44 bits per heavy atom. The van der Waals surface area contributed by atoms with Gasteiger partial charge < -0.3 is 4.43 Å². The molecule has 0 amide bonds. The first kappa shape index (κ1) is 9.22. The van der Waals surface area contributed by atoms with Crippen LogP contribution in [0.5, 0.6) is 0 Å². The third-order valence-corrected chi connectivity index (χ3v) is 1.93. The van der Waals surface area contributed by atoms with Crippen molar-refractivity contribution in [3.05, 3.63) is 0 Å². The van der Waals surface area contributed by atoms with Gasteiger partial charge in [-0.05, 0) is 24.5 Å². The van der Waals surface area contributed by atoms with Crippen LogP contribution in [0.15, 0.2) is 0 Å². The minimum atomic E-state index is -1.32. The fourth-order valence-electron chi connectivity index (χ4n) is 0.280. The van der Waals surface area contributed by atoms with Crippen LogP contribution in [0, 0.1) is 10.8 Å². The topological polar surface area (TPSA) is 9.23 Å². The maximum absolute atomic E-state index is 5.40. The van der Waals surface area contributed by atoms with Gasteiger partial charge in [0.05, 0.1) is 6.61 Å². The minimum absolute atomic E-state index is 0.557. The van der Waals surface area contributed by atoms with Crippen molar-refractivity contribution in [3.63, 3.8) is 0 Å². The molecule has 0 N–H and O–H groups in total. The minimum Gasteiger partial charge on any atom is -0.407 e. The average molecular weight is 207 g/mol. The molecule has 3 heteroatoms. The molecule has 0 saturated heterocycles. The molecule has 0 aliphatic rings. The molecule has 0 bridgehead atoms. The fourth-order valence-corrected chi connectivity index (χ4v) is 0.900. The van der Waals surface area contributed by atoms with Gasteiger partial charge in [0.2, 0.25) is 0 Å². The number of hydrogen-bond donors (Lipinski definition) is 0. The molecule has 0 aliphatic heterocycles. The summed E-state index contributed by atoms with van der Waals surface area (Å²) in [5, 5.41) is 0. The van der Waals surface area contributed by atoms with Crippen molar-refractivity contribution in [1.82, 2.24) is 0 Å². The van der Waals surface area contributed by atoms with Crippen LogP contribution in [0.2, 0.25) is 19.6 Å². The Labute approximate surface area is 66.0 Å². The third kappa shape index (κ3) is 8.22. The van der Waals surface area contributed by atoms with E-state index in [0.29, 0.717) is 6.61 Å². The van der Waals surface area contributed by atoms with Gasteiger partial charge in [-0.15, -0.1) is 0 Å². The van der Waals surface area contributed by atoms with E-state index in [2.05, 4.69) is 46.3 Å². The molecular weight excluding hydrogens is 196 g/mol. The molecule has 0 atom stereocenters. The second-order valence-electron chi connectivity index (χ2n) is 2.67. The number of hydrogen-bond acceptors (Lipinski definition) is 1. The van der Waals surface area contributed by atoms with Crippen LogP contribution in [-0.4, -0.2) is 14.9 Å². The molecule has 0 aromatic heterocycles. The lowest BCUT2D eigenvalue weighted by Crippen LogP contribution is -2.25. The summed E-state index contributed by atoms with van der Waals surface area (Å²) in [6, 6.07) is 0. The number of halogens is 1. The monoisotopic (exact) mass is 206 g/mol. The van der Waals surface area contributed by atoms with E-state index in [1.54, 1.807) is 0 Å². The lowest BCUT2D eigenvalue weighted by Gasteiger charge is -2.13. The molecule has 0 radical (unpaired) electrons. The van der Waals surface area contributed by atoms with Crippen LogP contribution < -0.4 is 0 Å². The van der Waals surface area contributed by atoms with E-state index in [1.165, 1.54) is 0 Å². The predicted octanol–water partition coefficient (Wildman–Crippen LogP) is 2.19. The highest BCUT2D eigenvalue weighted by molar-refractivity contribution is 9.12. The van der Waals surface area contributed by atoms with Crippen molar-refractivity contribution in [2.45, 2.75) is 19.6 Å². The zero-order valence-corrected chi connectivity index (χ0v) is 8.58. The van der Waals surface area contributed by atoms with E-state index in [0.717, 1.165) is 0 Å². The Bertz CT molecular complexity index is 128. The Morgan fingerprint density at radius 3 is 2.33 bits per heavy atom. The summed E-state index contributed by atoms with van der Waals surface area (Å²) < 4.78 is 5.40. The average Bonchev–Trinajstić information content (AvgIpc) is 1.63. The van der Waals surface area contributed by atoms with Crippen molar-refractivity contribution >= 4 is 24.2 Å². The van der Waals surface area contributed by atoms with Crippen molar-refractivity contribution in [1.29, 1.82) is 0 Å². The van der Waals surface area contributed by atoms with Gasteiger partial charge in [0.25, 0.3) is 0 Å². The first-order valence-corrected chi connectivity index (χ1v) is 6.99. The fraction of sp³-hybridized carbons (Fsp3) is 0.667. The summed E-state index contributed by atoms with van der Waals surface area (Å²) in [6.45, 7) is 6.98. The van der Waals surface area contributed by atoms with Crippen LogP contribution in [-0.2, 0) is 4.43 Å². The highest BCUT2D eigenvalue weighted by atomic mass is 79.9. The van der Waals surface area contributed by atoms with Gasteiger partial charge in [0.1, 0.15) is 0 Å². The summed E-state index contributed by atoms with van der Waals surface area (Å²) >= 11 is 2.99. The molecule has 0 aromatic carbocycles. The summed E-state index contributed by atoms with van der Waals surface area (Å²) in [6.07, 6.45) is 0. The largest absolute Gasteiger partial charge is 0.407 e. The van der Waals surface area contributed by atoms with Crippen molar-refractivity contribution in [2.75, 3.05) is 6.61 Å². The second kappa shape index (κ2) is 4.10. The van der Waals surface area contributed by atoms with Crippen molar-refractivity contribution < 1.29 is 4.43 Å². The SMILES string of the molecule is C[Si](C)(C)OCC#CBr. The standard InChI is InChI=1S/C6H11BrOSi/c1-9(2,3)8-6-4-5-7/h6H2,1-3H3. The van der Waals surface area contributed by atoms with Gasteiger partial charge in [-0.3, -0.25) is 0 Å². The van der Waals surface area contributed by atoms with Gasteiger partial charge in [0.15, 0.2) is 8.32 Å². The lowest BCUT2D eigenvalue weighted by molar-refractivity contribution is 0.365. The van der Waals surface area contributed by atoms with Crippen molar-refractivity contribution in [2.24, 2.45) is 0 Å². The van der Waals surface area contributed by atoms with E-state index in [9.17, 15) is 0 Å². The molecule has 52 valence electrons. The molecule has 0 heterocycles. The normalized spacial score (nSPS) is 10.2.